The van der Waals surface area contributed by atoms with Gasteiger partial charge in [0.1, 0.15) is 11.6 Å². The van der Waals surface area contributed by atoms with Gasteiger partial charge in [-0.15, -0.1) is 0 Å². The van der Waals surface area contributed by atoms with Gasteiger partial charge in [0.2, 0.25) is 0 Å². The molecule has 3 rings (SSSR count). The molecular formula is C24H32FNO. The van der Waals surface area contributed by atoms with E-state index in [1.807, 2.05) is 78.8 Å². The van der Waals surface area contributed by atoms with Gasteiger partial charge >= 0.3 is 0 Å². The van der Waals surface area contributed by atoms with Gasteiger partial charge in [-0.3, -0.25) is 4.98 Å². The van der Waals surface area contributed by atoms with Crippen LogP contribution in [-0.2, 0) is 0 Å². The van der Waals surface area contributed by atoms with E-state index in [0.717, 1.165) is 27.7 Å². The molecule has 0 aliphatic heterocycles. The summed E-state index contributed by atoms with van der Waals surface area (Å²) in [7, 11) is 1.57. The Morgan fingerprint density at radius 2 is 1.56 bits per heavy atom. The summed E-state index contributed by atoms with van der Waals surface area (Å²) in [5.41, 5.74) is 4.41. The number of methoxy groups -OCH3 is 1. The van der Waals surface area contributed by atoms with Gasteiger partial charge in [-0.05, 0) is 36.6 Å². The van der Waals surface area contributed by atoms with Gasteiger partial charge < -0.3 is 4.74 Å². The van der Waals surface area contributed by atoms with Crippen LogP contribution in [0.1, 0.15) is 58.7 Å². The summed E-state index contributed by atoms with van der Waals surface area (Å²) in [5, 5.41) is 1.06. The van der Waals surface area contributed by atoms with Crippen LogP contribution in [0.25, 0.3) is 22.0 Å². The van der Waals surface area contributed by atoms with Crippen LogP contribution >= 0.6 is 0 Å². The lowest BCUT2D eigenvalue weighted by Crippen LogP contribution is -1.99. The van der Waals surface area contributed by atoms with E-state index >= 15 is 0 Å². The monoisotopic (exact) mass is 369 g/mol. The molecule has 0 N–H and O–H groups in total. The van der Waals surface area contributed by atoms with Crippen molar-refractivity contribution in [3.05, 3.63) is 59.5 Å². The van der Waals surface area contributed by atoms with Crippen molar-refractivity contribution in [2.45, 2.75) is 54.4 Å². The molecule has 1 aromatic heterocycles. The summed E-state index contributed by atoms with van der Waals surface area (Å²) < 4.78 is 19.7. The lowest BCUT2D eigenvalue weighted by molar-refractivity contribution is 0.412. The number of aryl methyl sites for hydroxylation is 1. The topological polar surface area (TPSA) is 22.1 Å². The van der Waals surface area contributed by atoms with Gasteiger partial charge in [0.25, 0.3) is 0 Å². The van der Waals surface area contributed by atoms with Crippen LogP contribution in [0.3, 0.4) is 0 Å². The van der Waals surface area contributed by atoms with Gasteiger partial charge in [0, 0.05) is 28.3 Å². The van der Waals surface area contributed by atoms with Crippen molar-refractivity contribution in [1.82, 2.24) is 4.98 Å². The van der Waals surface area contributed by atoms with E-state index in [9.17, 15) is 4.39 Å². The minimum absolute atomic E-state index is 0.105. The predicted molar refractivity (Wildman–Crippen MR) is 115 cm³/mol. The highest BCUT2D eigenvalue weighted by Gasteiger charge is 2.16. The van der Waals surface area contributed by atoms with E-state index < -0.39 is 0 Å². The molecule has 146 valence electrons. The molecule has 0 saturated heterocycles. The molecule has 0 aliphatic carbocycles. The predicted octanol–water partition coefficient (Wildman–Crippen LogP) is 7.53. The molecule has 0 bridgehead atoms. The highest BCUT2D eigenvalue weighted by molar-refractivity contribution is 5.86. The lowest BCUT2D eigenvalue weighted by atomic mass is 9.94. The van der Waals surface area contributed by atoms with Crippen LogP contribution < -0.4 is 4.74 Å². The fourth-order valence-electron chi connectivity index (χ4n) is 2.88. The quantitative estimate of drug-likeness (QED) is 0.476. The zero-order valence-corrected chi connectivity index (χ0v) is 17.9. The van der Waals surface area contributed by atoms with Crippen LogP contribution in [0.4, 0.5) is 4.39 Å². The van der Waals surface area contributed by atoms with E-state index in [-0.39, 0.29) is 11.7 Å². The number of hydrogen-bond donors (Lipinski definition) is 0. The zero-order chi connectivity index (χ0) is 20.6. The molecule has 2 nitrogen and oxygen atoms in total. The van der Waals surface area contributed by atoms with E-state index in [1.165, 1.54) is 6.07 Å². The Morgan fingerprint density at radius 3 is 2.15 bits per heavy atom. The van der Waals surface area contributed by atoms with E-state index in [2.05, 4.69) is 11.1 Å². The molecular weight excluding hydrogens is 337 g/mol. The van der Waals surface area contributed by atoms with Crippen molar-refractivity contribution in [2.24, 2.45) is 0 Å². The minimum Gasteiger partial charge on any atom is -0.496 e. The third-order valence-electron chi connectivity index (χ3n) is 4.15. The molecule has 3 heteroatoms. The number of ether oxygens (including phenoxy) is 1. The number of halogens is 1. The second kappa shape index (κ2) is 10.7. The Bertz CT molecular complexity index is 872. The van der Waals surface area contributed by atoms with Crippen molar-refractivity contribution in [1.29, 1.82) is 0 Å². The van der Waals surface area contributed by atoms with Crippen LogP contribution in [0, 0.1) is 12.7 Å². The Kier molecular flexibility index (Phi) is 8.93. The van der Waals surface area contributed by atoms with Crippen LogP contribution in [-0.4, -0.2) is 12.1 Å². The van der Waals surface area contributed by atoms with E-state index in [4.69, 9.17) is 4.74 Å². The van der Waals surface area contributed by atoms with Crippen molar-refractivity contribution >= 4 is 10.9 Å². The van der Waals surface area contributed by atoms with Gasteiger partial charge in [-0.1, -0.05) is 59.7 Å². The van der Waals surface area contributed by atoms with Crippen molar-refractivity contribution in [2.75, 3.05) is 7.11 Å². The maximum atomic E-state index is 14.2. The Labute approximate surface area is 163 Å². The summed E-state index contributed by atoms with van der Waals surface area (Å²) in [6, 6.07) is 13.4. The molecule has 0 unspecified atom stereocenters. The Hall–Kier alpha value is -2.42. The molecule has 1 heterocycles. The molecule has 0 amide bonds. The average molecular weight is 370 g/mol. The SMILES string of the molecule is CC.CC.COc1cc(F)c(C(C)C)cc1-c1cc2ccccc2nc1C. The second-order valence-electron chi connectivity index (χ2n) is 6.04. The smallest absolute Gasteiger partial charge is 0.130 e. The number of hydrogen-bond acceptors (Lipinski definition) is 2. The normalized spacial score (nSPS) is 10.0. The molecule has 0 spiro atoms. The third-order valence-corrected chi connectivity index (χ3v) is 4.15. The molecule has 0 atom stereocenters. The fraction of sp³-hybridized carbons (Fsp3) is 0.375. The minimum atomic E-state index is -0.230. The lowest BCUT2D eigenvalue weighted by Gasteiger charge is -2.16. The molecule has 0 saturated carbocycles. The molecule has 0 radical (unpaired) electrons. The second-order valence-corrected chi connectivity index (χ2v) is 6.04. The first kappa shape index (κ1) is 22.6. The van der Waals surface area contributed by atoms with Gasteiger partial charge in [0.05, 0.1) is 12.6 Å². The third kappa shape index (κ3) is 5.06. The van der Waals surface area contributed by atoms with E-state index in [0.29, 0.717) is 11.3 Å². The van der Waals surface area contributed by atoms with Crippen LogP contribution in [0.2, 0.25) is 0 Å². The fourth-order valence-corrected chi connectivity index (χ4v) is 2.88. The number of fused-ring (bicyclic) bond motifs is 1. The molecule has 0 aliphatic rings. The van der Waals surface area contributed by atoms with Gasteiger partial charge in [-0.25, -0.2) is 4.39 Å². The summed E-state index contributed by atoms with van der Waals surface area (Å²) in [6.07, 6.45) is 0. The summed E-state index contributed by atoms with van der Waals surface area (Å²) in [4.78, 5) is 4.68. The highest BCUT2D eigenvalue weighted by atomic mass is 19.1. The van der Waals surface area contributed by atoms with E-state index in [1.54, 1.807) is 7.11 Å². The number of nitrogens with zero attached hydrogens (tertiary/aromatic N) is 1. The van der Waals surface area contributed by atoms with Crippen molar-refractivity contribution in [3.63, 3.8) is 0 Å². The van der Waals surface area contributed by atoms with Crippen LogP contribution in [0.15, 0.2) is 42.5 Å². The zero-order valence-electron chi connectivity index (χ0n) is 17.9. The van der Waals surface area contributed by atoms with Crippen molar-refractivity contribution < 1.29 is 9.13 Å². The molecule has 3 aromatic rings. The first-order chi connectivity index (χ1) is 13.0. The maximum absolute atomic E-state index is 14.2. The standard InChI is InChI=1S/C20H20FNO.2C2H6/c1-12(2)15-10-17(20(23-4)11-18(15)21)16-9-14-7-5-6-8-19(14)22-13(16)3;2*1-2/h5-12H,1-4H3;2*1-2H3. The number of pyridine rings is 1. The number of aromatic nitrogens is 1. The summed E-state index contributed by atoms with van der Waals surface area (Å²) >= 11 is 0. The molecule has 27 heavy (non-hydrogen) atoms. The summed E-state index contributed by atoms with van der Waals surface area (Å²) in [5.74, 6) is 0.410. The maximum Gasteiger partial charge on any atom is 0.130 e. The average Bonchev–Trinajstić information content (AvgIpc) is 2.70. The number of rotatable bonds is 3. The largest absolute Gasteiger partial charge is 0.496 e. The highest BCUT2D eigenvalue weighted by Crippen LogP contribution is 2.37. The molecule has 0 fully saturated rings. The van der Waals surface area contributed by atoms with Gasteiger partial charge in [0.15, 0.2) is 0 Å². The first-order valence-electron chi connectivity index (χ1n) is 9.75. The number of para-hydroxylation sites is 1. The summed E-state index contributed by atoms with van der Waals surface area (Å²) in [6.45, 7) is 13.9. The Balaban J connectivity index is 0.000000855. The number of benzene rings is 2. The molecule has 2 aromatic carbocycles. The Morgan fingerprint density at radius 1 is 0.926 bits per heavy atom. The van der Waals surface area contributed by atoms with Crippen molar-refractivity contribution in [3.8, 4) is 16.9 Å². The van der Waals surface area contributed by atoms with Crippen LogP contribution in [0.5, 0.6) is 5.75 Å². The van der Waals surface area contributed by atoms with Gasteiger partial charge in [-0.2, -0.15) is 0 Å². The first-order valence-corrected chi connectivity index (χ1v) is 9.75.